The summed E-state index contributed by atoms with van der Waals surface area (Å²) in [5.41, 5.74) is 1.67. The summed E-state index contributed by atoms with van der Waals surface area (Å²) in [4.78, 5) is 17.5. The number of hydrogen-bond donors (Lipinski definition) is 1. The summed E-state index contributed by atoms with van der Waals surface area (Å²) in [5, 5.41) is 1.68. The third-order valence-electron chi connectivity index (χ3n) is 3.15. The van der Waals surface area contributed by atoms with Gasteiger partial charge in [0.25, 0.3) is 0 Å². The number of halogens is 1. The lowest BCUT2D eigenvalue weighted by atomic mass is 10.0. The number of para-hydroxylation sites is 1. The second-order valence-electron chi connectivity index (χ2n) is 4.10. The van der Waals surface area contributed by atoms with Crippen molar-refractivity contribution in [1.82, 2.24) is 4.98 Å². The number of carbonyl (C=O) groups excluding carboxylic acids is 1. The molecule has 1 N–H and O–H groups in total. The predicted octanol–water partition coefficient (Wildman–Crippen LogP) is 3.15. The molecule has 3 rings (SSSR count). The Morgan fingerprint density at radius 2 is 2.25 bits per heavy atom. The van der Waals surface area contributed by atoms with Crippen LogP contribution in [-0.4, -0.2) is 11.1 Å². The van der Waals surface area contributed by atoms with Gasteiger partial charge in [-0.25, -0.2) is 4.79 Å². The van der Waals surface area contributed by atoms with Crippen LogP contribution in [0.25, 0.3) is 10.9 Å². The van der Waals surface area contributed by atoms with Crippen LogP contribution in [0.3, 0.4) is 0 Å². The number of aromatic amines is 1. The molecule has 0 radical (unpaired) electrons. The minimum Gasteiger partial charge on any atom is -0.359 e. The molecule has 0 spiro atoms. The molecule has 1 fully saturated rings. The summed E-state index contributed by atoms with van der Waals surface area (Å²) in [7, 11) is 0. The Balaban J connectivity index is 2.28. The van der Waals surface area contributed by atoms with Crippen molar-refractivity contribution < 1.29 is 4.79 Å². The molecule has 1 heterocycles. The van der Waals surface area contributed by atoms with Crippen molar-refractivity contribution in [1.29, 1.82) is 0 Å². The van der Waals surface area contributed by atoms with Crippen LogP contribution in [0.4, 0.5) is 0 Å². The Morgan fingerprint density at radius 3 is 2.94 bits per heavy atom. The molecule has 3 nitrogen and oxygen atoms in total. The van der Waals surface area contributed by atoms with Crippen LogP contribution in [-0.2, 0) is 10.3 Å². The Morgan fingerprint density at radius 1 is 1.44 bits per heavy atom. The number of isocyanates is 1. The number of benzene rings is 1. The van der Waals surface area contributed by atoms with Crippen molar-refractivity contribution in [3.8, 4) is 0 Å². The number of fused-ring (bicyclic) bond motifs is 1. The minimum atomic E-state index is -0.352. The van der Waals surface area contributed by atoms with E-state index in [-0.39, 0.29) is 5.54 Å². The van der Waals surface area contributed by atoms with Gasteiger partial charge in [-0.2, -0.15) is 4.99 Å². The summed E-state index contributed by atoms with van der Waals surface area (Å²) in [6, 6.07) is 5.89. The monoisotopic (exact) mass is 232 g/mol. The topological polar surface area (TPSA) is 45.2 Å². The lowest BCUT2D eigenvalue weighted by Crippen LogP contribution is -2.02. The molecule has 0 aliphatic heterocycles. The smallest absolute Gasteiger partial charge is 0.235 e. The van der Waals surface area contributed by atoms with Crippen molar-refractivity contribution in [3.63, 3.8) is 0 Å². The van der Waals surface area contributed by atoms with Gasteiger partial charge in [-0.1, -0.05) is 29.8 Å². The maximum atomic E-state index is 10.4. The van der Waals surface area contributed by atoms with Crippen LogP contribution < -0.4 is 0 Å². The maximum Gasteiger partial charge on any atom is 0.235 e. The SMILES string of the molecule is O=C=NC1(c2cccc3c(Cl)c[nH]c23)CC1. The molecule has 1 aliphatic carbocycles. The third kappa shape index (κ3) is 1.22. The van der Waals surface area contributed by atoms with E-state index in [1.54, 1.807) is 12.3 Å². The van der Waals surface area contributed by atoms with Crippen molar-refractivity contribution in [2.45, 2.75) is 18.4 Å². The molecule has 0 bridgehead atoms. The van der Waals surface area contributed by atoms with E-state index in [9.17, 15) is 4.79 Å². The molecule has 0 amide bonds. The van der Waals surface area contributed by atoms with Gasteiger partial charge in [-0.3, -0.25) is 0 Å². The van der Waals surface area contributed by atoms with Crippen molar-refractivity contribution >= 4 is 28.6 Å². The van der Waals surface area contributed by atoms with Crippen LogP contribution in [0, 0.1) is 0 Å². The van der Waals surface area contributed by atoms with E-state index in [0.717, 1.165) is 29.3 Å². The first kappa shape index (κ1) is 9.64. The molecule has 1 aromatic heterocycles. The molecule has 0 atom stereocenters. The molecule has 0 saturated heterocycles. The first-order valence-electron chi connectivity index (χ1n) is 5.12. The quantitative estimate of drug-likeness (QED) is 0.628. The highest BCUT2D eigenvalue weighted by Crippen LogP contribution is 2.51. The molecule has 80 valence electrons. The Labute approximate surface area is 97.1 Å². The number of H-pyrrole nitrogens is 1. The van der Waals surface area contributed by atoms with Crippen LogP contribution >= 0.6 is 11.6 Å². The number of aliphatic imine (C=N–C) groups is 1. The van der Waals surface area contributed by atoms with Crippen LogP contribution in [0.1, 0.15) is 18.4 Å². The largest absolute Gasteiger partial charge is 0.359 e. The molecule has 1 saturated carbocycles. The van der Waals surface area contributed by atoms with E-state index < -0.39 is 0 Å². The van der Waals surface area contributed by atoms with Crippen LogP contribution in [0.15, 0.2) is 29.4 Å². The highest BCUT2D eigenvalue weighted by Gasteiger charge is 2.46. The number of rotatable bonds is 2. The summed E-state index contributed by atoms with van der Waals surface area (Å²) >= 11 is 6.05. The Bertz CT molecular complexity index is 607. The van der Waals surface area contributed by atoms with Crippen molar-refractivity contribution in [2.75, 3.05) is 0 Å². The van der Waals surface area contributed by atoms with Gasteiger partial charge in [0.1, 0.15) is 5.54 Å². The lowest BCUT2D eigenvalue weighted by Gasteiger charge is -2.09. The number of hydrogen-bond acceptors (Lipinski definition) is 2. The molecule has 1 aromatic carbocycles. The second kappa shape index (κ2) is 3.21. The van der Waals surface area contributed by atoms with Crippen LogP contribution in [0.5, 0.6) is 0 Å². The van der Waals surface area contributed by atoms with Gasteiger partial charge in [0.15, 0.2) is 0 Å². The summed E-state index contributed by atoms with van der Waals surface area (Å²) in [6.07, 6.45) is 5.23. The van der Waals surface area contributed by atoms with E-state index >= 15 is 0 Å². The number of nitrogens with one attached hydrogen (secondary N) is 1. The highest BCUT2D eigenvalue weighted by molar-refractivity contribution is 6.35. The van der Waals surface area contributed by atoms with Gasteiger partial charge >= 0.3 is 0 Å². The number of aromatic nitrogens is 1. The van der Waals surface area contributed by atoms with Crippen molar-refractivity contribution in [3.05, 3.63) is 35.0 Å². The minimum absolute atomic E-state index is 0.352. The summed E-state index contributed by atoms with van der Waals surface area (Å²) in [5.74, 6) is 0. The van der Waals surface area contributed by atoms with Gasteiger partial charge < -0.3 is 4.98 Å². The molecule has 1 aliphatic rings. The average molecular weight is 233 g/mol. The highest BCUT2D eigenvalue weighted by atomic mass is 35.5. The van der Waals surface area contributed by atoms with Gasteiger partial charge in [0, 0.05) is 17.1 Å². The molecule has 2 aromatic rings. The fourth-order valence-corrected chi connectivity index (χ4v) is 2.37. The molecular weight excluding hydrogens is 224 g/mol. The predicted molar refractivity (Wildman–Crippen MR) is 62.3 cm³/mol. The summed E-state index contributed by atoms with van der Waals surface area (Å²) in [6.45, 7) is 0. The normalized spacial score (nSPS) is 17.1. The molecule has 0 unspecified atom stereocenters. The van der Waals surface area contributed by atoms with E-state index in [0.29, 0.717) is 5.02 Å². The molecule has 16 heavy (non-hydrogen) atoms. The zero-order valence-electron chi connectivity index (χ0n) is 8.46. The lowest BCUT2D eigenvalue weighted by molar-refractivity contribution is 0.556. The molecular formula is C12H9ClN2O. The average Bonchev–Trinajstić information content (AvgIpc) is 2.98. The molecule has 4 heteroatoms. The second-order valence-corrected chi connectivity index (χ2v) is 4.51. The van der Waals surface area contributed by atoms with E-state index in [1.165, 1.54) is 0 Å². The fraction of sp³-hybridized carbons (Fsp3) is 0.250. The number of nitrogens with zero attached hydrogens (tertiary/aromatic N) is 1. The van der Waals surface area contributed by atoms with E-state index in [1.807, 2.05) is 18.2 Å². The van der Waals surface area contributed by atoms with E-state index in [4.69, 9.17) is 11.6 Å². The third-order valence-corrected chi connectivity index (χ3v) is 3.46. The van der Waals surface area contributed by atoms with E-state index in [2.05, 4.69) is 9.98 Å². The Kier molecular flexibility index (Phi) is 1.93. The first-order valence-corrected chi connectivity index (χ1v) is 5.50. The Hall–Kier alpha value is -1.57. The van der Waals surface area contributed by atoms with Gasteiger partial charge in [0.05, 0.1) is 10.5 Å². The van der Waals surface area contributed by atoms with Gasteiger partial charge in [0.2, 0.25) is 6.08 Å². The first-order chi connectivity index (χ1) is 7.77. The van der Waals surface area contributed by atoms with Crippen molar-refractivity contribution in [2.24, 2.45) is 4.99 Å². The fourth-order valence-electron chi connectivity index (χ4n) is 2.16. The zero-order chi connectivity index (χ0) is 11.2. The zero-order valence-corrected chi connectivity index (χ0v) is 9.21. The van der Waals surface area contributed by atoms with Gasteiger partial charge in [-0.05, 0) is 12.8 Å². The maximum absolute atomic E-state index is 10.4. The van der Waals surface area contributed by atoms with Gasteiger partial charge in [-0.15, -0.1) is 0 Å². The standard InChI is InChI=1S/C12H9ClN2O/c13-10-6-14-11-8(10)2-1-3-9(11)12(4-5-12)15-7-16/h1-3,6,14H,4-5H2. The summed E-state index contributed by atoms with van der Waals surface area (Å²) < 4.78 is 0. The van der Waals surface area contributed by atoms with Crippen LogP contribution in [0.2, 0.25) is 5.02 Å².